The second-order valence-electron chi connectivity index (χ2n) is 4.58. The lowest BCUT2D eigenvalue weighted by atomic mass is 9.95. The number of carbonyl (C=O) groups excluding carboxylic acids is 1. The van der Waals surface area contributed by atoms with Crippen molar-refractivity contribution in [3.8, 4) is 0 Å². The summed E-state index contributed by atoms with van der Waals surface area (Å²) in [5.41, 5.74) is 1.85. The van der Waals surface area contributed by atoms with Gasteiger partial charge in [-0.25, -0.2) is 4.79 Å². The van der Waals surface area contributed by atoms with E-state index in [-0.39, 0.29) is 0 Å². The predicted octanol–water partition coefficient (Wildman–Crippen LogP) is 2.55. The van der Waals surface area contributed by atoms with E-state index in [4.69, 9.17) is 0 Å². The number of ether oxygens (including phenoxy) is 1. The van der Waals surface area contributed by atoms with Gasteiger partial charge in [-0.2, -0.15) is 0 Å². The first-order valence-corrected chi connectivity index (χ1v) is 6.08. The van der Waals surface area contributed by atoms with Crippen molar-refractivity contribution in [1.82, 2.24) is 0 Å². The second-order valence-corrected chi connectivity index (χ2v) is 4.58. The van der Waals surface area contributed by atoms with Crippen molar-refractivity contribution < 1.29 is 14.6 Å². The van der Waals surface area contributed by atoms with Crippen molar-refractivity contribution in [2.75, 3.05) is 7.11 Å². The topological polar surface area (TPSA) is 46.5 Å². The Bertz CT molecular complexity index is 394. The van der Waals surface area contributed by atoms with E-state index in [0.29, 0.717) is 11.5 Å². The van der Waals surface area contributed by atoms with E-state index < -0.39 is 12.1 Å². The Morgan fingerprint density at radius 2 is 2.12 bits per heavy atom. The van der Waals surface area contributed by atoms with Gasteiger partial charge in [0.2, 0.25) is 0 Å². The van der Waals surface area contributed by atoms with Crippen LogP contribution in [0.4, 0.5) is 0 Å². The predicted molar refractivity (Wildman–Crippen MR) is 64.6 cm³/mol. The van der Waals surface area contributed by atoms with Crippen molar-refractivity contribution in [3.63, 3.8) is 0 Å². The summed E-state index contributed by atoms with van der Waals surface area (Å²) in [5, 5.41) is 9.78. The van der Waals surface area contributed by atoms with Crippen LogP contribution in [-0.4, -0.2) is 18.2 Å². The minimum absolute atomic E-state index is 0.583. The molecular weight excluding hydrogens is 216 g/mol. The molecule has 1 unspecified atom stereocenters. The average molecular weight is 234 g/mol. The van der Waals surface area contributed by atoms with Gasteiger partial charge in [0.05, 0.1) is 7.11 Å². The van der Waals surface area contributed by atoms with Crippen LogP contribution in [0.15, 0.2) is 24.3 Å². The smallest absolute Gasteiger partial charge is 0.339 e. The largest absolute Gasteiger partial charge is 0.467 e. The van der Waals surface area contributed by atoms with Crippen molar-refractivity contribution in [1.29, 1.82) is 0 Å². The minimum atomic E-state index is -1.17. The molecule has 0 aromatic heterocycles. The number of methoxy groups -OCH3 is 1. The molecule has 1 N–H and O–H groups in total. The summed E-state index contributed by atoms with van der Waals surface area (Å²) in [6.45, 7) is 0. The molecule has 1 atom stereocenters. The van der Waals surface area contributed by atoms with E-state index in [9.17, 15) is 9.90 Å². The molecular formula is C14H18O3. The Hall–Kier alpha value is -1.35. The molecule has 0 heterocycles. The fourth-order valence-electron chi connectivity index (χ4n) is 2.49. The molecule has 0 bridgehead atoms. The monoisotopic (exact) mass is 234 g/mol. The molecule has 0 saturated heterocycles. The molecule has 0 spiro atoms. The molecule has 1 aliphatic rings. The van der Waals surface area contributed by atoms with E-state index in [0.717, 1.165) is 0 Å². The fourth-order valence-corrected chi connectivity index (χ4v) is 2.49. The van der Waals surface area contributed by atoms with E-state index in [1.807, 2.05) is 12.1 Å². The van der Waals surface area contributed by atoms with Crippen molar-refractivity contribution in [3.05, 3.63) is 35.4 Å². The van der Waals surface area contributed by atoms with E-state index in [1.54, 1.807) is 6.07 Å². The number of rotatable bonds is 3. The summed E-state index contributed by atoms with van der Waals surface area (Å²) < 4.78 is 4.54. The molecule has 17 heavy (non-hydrogen) atoms. The van der Waals surface area contributed by atoms with Crippen molar-refractivity contribution in [2.24, 2.45) is 0 Å². The highest BCUT2D eigenvalue weighted by molar-refractivity contribution is 5.76. The van der Waals surface area contributed by atoms with Gasteiger partial charge in [0.1, 0.15) is 0 Å². The Morgan fingerprint density at radius 3 is 2.76 bits per heavy atom. The number of benzene rings is 1. The van der Waals surface area contributed by atoms with Gasteiger partial charge in [0.25, 0.3) is 0 Å². The zero-order valence-electron chi connectivity index (χ0n) is 10.1. The number of aliphatic hydroxyl groups is 1. The van der Waals surface area contributed by atoms with Crippen LogP contribution in [0.3, 0.4) is 0 Å². The number of hydrogen-bond acceptors (Lipinski definition) is 3. The summed E-state index contributed by atoms with van der Waals surface area (Å²) in [5.74, 6) is -0.0200. The molecule has 1 fully saturated rings. The van der Waals surface area contributed by atoms with E-state index >= 15 is 0 Å². The lowest BCUT2D eigenvalue weighted by Crippen LogP contribution is -2.13. The SMILES string of the molecule is COC(=O)C(O)c1cccc(C2CCCC2)c1. The minimum Gasteiger partial charge on any atom is -0.467 e. The van der Waals surface area contributed by atoms with Crippen LogP contribution in [0.25, 0.3) is 0 Å². The zero-order valence-corrected chi connectivity index (χ0v) is 10.1. The first-order chi connectivity index (χ1) is 8.22. The summed E-state index contributed by atoms with van der Waals surface area (Å²) >= 11 is 0. The highest BCUT2D eigenvalue weighted by atomic mass is 16.5. The lowest BCUT2D eigenvalue weighted by molar-refractivity contribution is -0.150. The lowest BCUT2D eigenvalue weighted by Gasteiger charge is -2.13. The summed E-state index contributed by atoms with van der Waals surface area (Å²) in [6, 6.07) is 7.66. The van der Waals surface area contributed by atoms with Crippen LogP contribution in [0, 0.1) is 0 Å². The van der Waals surface area contributed by atoms with Crippen LogP contribution in [0.1, 0.15) is 48.8 Å². The third-order valence-corrected chi connectivity index (χ3v) is 3.48. The van der Waals surface area contributed by atoms with Crippen LogP contribution in [0.5, 0.6) is 0 Å². The quantitative estimate of drug-likeness (QED) is 0.817. The first kappa shape index (κ1) is 12.1. The highest BCUT2D eigenvalue weighted by Crippen LogP contribution is 2.34. The van der Waals surface area contributed by atoms with Gasteiger partial charge in [0.15, 0.2) is 6.10 Å². The number of esters is 1. The molecule has 1 aliphatic carbocycles. The number of hydrogen-bond donors (Lipinski definition) is 1. The van der Waals surface area contributed by atoms with Gasteiger partial charge in [-0.15, -0.1) is 0 Å². The first-order valence-electron chi connectivity index (χ1n) is 6.08. The molecule has 3 heteroatoms. The highest BCUT2D eigenvalue weighted by Gasteiger charge is 2.21. The third kappa shape index (κ3) is 2.67. The van der Waals surface area contributed by atoms with Crippen molar-refractivity contribution in [2.45, 2.75) is 37.7 Å². The van der Waals surface area contributed by atoms with Crippen LogP contribution in [0.2, 0.25) is 0 Å². The van der Waals surface area contributed by atoms with Crippen LogP contribution in [-0.2, 0) is 9.53 Å². The zero-order chi connectivity index (χ0) is 12.3. The normalized spacial score (nSPS) is 18.0. The van der Waals surface area contributed by atoms with Crippen LogP contribution < -0.4 is 0 Å². The molecule has 0 aliphatic heterocycles. The Kier molecular flexibility index (Phi) is 3.79. The molecule has 2 rings (SSSR count). The maximum Gasteiger partial charge on any atom is 0.339 e. The molecule has 1 saturated carbocycles. The van der Waals surface area contributed by atoms with Gasteiger partial charge < -0.3 is 9.84 Å². The van der Waals surface area contributed by atoms with E-state index in [2.05, 4.69) is 10.8 Å². The Labute approximate surface area is 101 Å². The number of aliphatic hydroxyl groups excluding tert-OH is 1. The molecule has 0 amide bonds. The summed E-state index contributed by atoms with van der Waals surface area (Å²) in [7, 11) is 1.28. The van der Waals surface area contributed by atoms with Gasteiger partial charge in [-0.3, -0.25) is 0 Å². The molecule has 1 aromatic carbocycles. The average Bonchev–Trinajstić information content (AvgIpc) is 2.91. The third-order valence-electron chi connectivity index (χ3n) is 3.48. The van der Waals surface area contributed by atoms with E-state index in [1.165, 1.54) is 38.4 Å². The Balaban J connectivity index is 2.18. The maximum absolute atomic E-state index is 11.3. The van der Waals surface area contributed by atoms with Gasteiger partial charge >= 0.3 is 5.97 Å². The van der Waals surface area contributed by atoms with Gasteiger partial charge in [-0.1, -0.05) is 37.1 Å². The van der Waals surface area contributed by atoms with Gasteiger partial charge in [0, 0.05) is 0 Å². The molecule has 1 aromatic rings. The maximum atomic E-state index is 11.3. The fraction of sp³-hybridized carbons (Fsp3) is 0.500. The van der Waals surface area contributed by atoms with Crippen molar-refractivity contribution >= 4 is 5.97 Å². The van der Waals surface area contributed by atoms with Crippen LogP contribution >= 0.6 is 0 Å². The molecule has 0 radical (unpaired) electrons. The molecule has 92 valence electrons. The van der Waals surface area contributed by atoms with Gasteiger partial charge in [-0.05, 0) is 29.9 Å². The standard InChI is InChI=1S/C14H18O3/c1-17-14(16)13(15)12-8-4-7-11(9-12)10-5-2-3-6-10/h4,7-10,13,15H,2-3,5-6H2,1H3. The summed E-state index contributed by atoms with van der Waals surface area (Å²) in [6.07, 6.45) is 3.79. The summed E-state index contributed by atoms with van der Waals surface area (Å²) in [4.78, 5) is 11.3. The number of carbonyl (C=O) groups is 1. The second kappa shape index (κ2) is 5.32. The molecule has 3 nitrogen and oxygen atoms in total. The Morgan fingerprint density at radius 1 is 1.41 bits per heavy atom.